The molecule has 3 aromatic carbocycles. The van der Waals surface area contributed by atoms with Gasteiger partial charge in [-0.1, -0.05) is 35.9 Å². The molecule has 11 heteroatoms. The number of halogens is 1. The molecule has 2 amide bonds. The molecule has 2 heterocycles. The number of carbonyl (C=O) groups is 3. The smallest absolute Gasteiger partial charge is 0.335 e. The third kappa shape index (κ3) is 5.30. The molecule has 1 aliphatic heterocycles. The maximum atomic E-state index is 13.5. The molecule has 4 aromatic rings. The number of benzene rings is 3. The maximum Gasteiger partial charge on any atom is 0.335 e. The van der Waals surface area contributed by atoms with E-state index in [-0.39, 0.29) is 23.9 Å². The van der Waals surface area contributed by atoms with Crippen molar-refractivity contribution in [3.8, 4) is 5.69 Å². The highest BCUT2D eigenvalue weighted by molar-refractivity contribution is 6.30. The molecular weight excluding hydrogens is 508 g/mol. The molecule has 0 unspecified atom stereocenters. The number of anilines is 1. The molecule has 190 valence electrons. The van der Waals surface area contributed by atoms with E-state index in [1.165, 1.54) is 46.3 Å². The molecule has 0 bridgehead atoms. The molecule has 1 aliphatic rings. The molecule has 5 rings (SSSR count). The Balaban J connectivity index is 1.41. The zero-order valence-corrected chi connectivity index (χ0v) is 20.6. The van der Waals surface area contributed by atoms with Crippen LogP contribution in [0.1, 0.15) is 27.0 Å². The average Bonchev–Trinajstić information content (AvgIpc) is 3.46. The number of carboxylic acid groups (broad SMARTS) is 1. The van der Waals surface area contributed by atoms with Crippen LogP contribution in [-0.2, 0) is 22.6 Å². The first kappa shape index (κ1) is 24.8. The van der Waals surface area contributed by atoms with Gasteiger partial charge in [0.2, 0.25) is 11.8 Å². The Morgan fingerprint density at radius 2 is 1.79 bits per heavy atom. The number of tetrazole rings is 1. The van der Waals surface area contributed by atoms with Crippen molar-refractivity contribution in [3.63, 3.8) is 0 Å². The summed E-state index contributed by atoms with van der Waals surface area (Å²) in [7, 11) is 0. The van der Waals surface area contributed by atoms with Crippen molar-refractivity contribution < 1.29 is 19.5 Å². The standard InChI is InChI=1S/C27H21ClN6O4/c28-21-8-11-23(34-16-29-31-32-34)19(13-21)7-12-25(35)33-15-20-4-2-1-3-18(20)14-24(33)26(36)30-22-9-5-17(6-10-22)27(37)38/h1-13,16,24H,14-15H2,(H,30,36)(H,37,38)/b12-7+/t24-/m0/s1. The Labute approximate surface area is 222 Å². The van der Waals surface area contributed by atoms with E-state index in [0.717, 1.165) is 11.1 Å². The van der Waals surface area contributed by atoms with Gasteiger partial charge in [0.15, 0.2) is 0 Å². The van der Waals surface area contributed by atoms with Crippen LogP contribution in [0.15, 0.2) is 79.1 Å². The summed E-state index contributed by atoms with van der Waals surface area (Å²) in [5.41, 5.74) is 3.74. The summed E-state index contributed by atoms with van der Waals surface area (Å²) in [5.74, 6) is -1.79. The molecule has 1 atom stereocenters. The Morgan fingerprint density at radius 3 is 2.50 bits per heavy atom. The fourth-order valence-corrected chi connectivity index (χ4v) is 4.49. The summed E-state index contributed by atoms with van der Waals surface area (Å²) in [6.45, 7) is 0.255. The lowest BCUT2D eigenvalue weighted by atomic mass is 9.93. The molecule has 0 saturated heterocycles. The van der Waals surface area contributed by atoms with Crippen LogP contribution in [0.25, 0.3) is 11.8 Å². The Bertz CT molecular complexity index is 1540. The number of aromatic carboxylic acids is 1. The number of hydrogen-bond donors (Lipinski definition) is 2. The van der Waals surface area contributed by atoms with Gasteiger partial charge in [0, 0.05) is 35.3 Å². The molecular formula is C27H21ClN6O4. The summed E-state index contributed by atoms with van der Waals surface area (Å²) in [4.78, 5) is 39.5. The van der Waals surface area contributed by atoms with E-state index in [0.29, 0.717) is 28.4 Å². The number of amides is 2. The van der Waals surface area contributed by atoms with Gasteiger partial charge in [-0.25, -0.2) is 4.79 Å². The van der Waals surface area contributed by atoms with Crippen LogP contribution in [0.4, 0.5) is 5.69 Å². The van der Waals surface area contributed by atoms with Gasteiger partial charge in [-0.3, -0.25) is 9.59 Å². The first-order chi connectivity index (χ1) is 18.4. The van der Waals surface area contributed by atoms with Crippen LogP contribution in [0.2, 0.25) is 5.02 Å². The molecule has 1 aromatic heterocycles. The van der Waals surface area contributed by atoms with E-state index < -0.39 is 12.0 Å². The quantitative estimate of drug-likeness (QED) is 0.365. The van der Waals surface area contributed by atoms with Crippen LogP contribution in [-0.4, -0.2) is 54.0 Å². The molecule has 0 saturated carbocycles. The predicted molar refractivity (Wildman–Crippen MR) is 140 cm³/mol. The first-order valence-electron chi connectivity index (χ1n) is 11.6. The largest absolute Gasteiger partial charge is 0.478 e. The van der Waals surface area contributed by atoms with Crippen LogP contribution in [0.3, 0.4) is 0 Å². The van der Waals surface area contributed by atoms with Crippen LogP contribution >= 0.6 is 11.6 Å². The Morgan fingerprint density at radius 1 is 1.03 bits per heavy atom. The highest BCUT2D eigenvalue weighted by Gasteiger charge is 2.33. The van der Waals surface area contributed by atoms with E-state index in [9.17, 15) is 14.4 Å². The van der Waals surface area contributed by atoms with E-state index in [4.69, 9.17) is 16.7 Å². The van der Waals surface area contributed by atoms with E-state index in [1.807, 2.05) is 24.3 Å². The van der Waals surface area contributed by atoms with Crippen molar-refractivity contribution in [1.82, 2.24) is 25.1 Å². The van der Waals surface area contributed by atoms with Crippen molar-refractivity contribution >= 4 is 41.1 Å². The number of nitrogens with zero attached hydrogens (tertiary/aromatic N) is 5. The lowest BCUT2D eigenvalue weighted by molar-refractivity contribution is -0.135. The fraction of sp³-hybridized carbons (Fsp3) is 0.111. The van der Waals surface area contributed by atoms with Gasteiger partial charge in [0.05, 0.1) is 11.3 Å². The number of nitrogens with one attached hydrogen (secondary N) is 1. The van der Waals surface area contributed by atoms with Crippen LogP contribution in [0.5, 0.6) is 0 Å². The summed E-state index contributed by atoms with van der Waals surface area (Å²) in [6, 6.07) is 17.9. The highest BCUT2D eigenvalue weighted by atomic mass is 35.5. The van der Waals surface area contributed by atoms with Crippen molar-refractivity contribution in [2.45, 2.75) is 19.0 Å². The minimum Gasteiger partial charge on any atom is -0.478 e. The van der Waals surface area contributed by atoms with Crippen LogP contribution in [0, 0.1) is 0 Å². The lowest BCUT2D eigenvalue weighted by Gasteiger charge is -2.35. The van der Waals surface area contributed by atoms with Gasteiger partial charge in [-0.2, -0.15) is 4.68 Å². The van der Waals surface area contributed by atoms with Crippen molar-refractivity contribution in [3.05, 3.63) is 106 Å². The second-order valence-corrected chi connectivity index (χ2v) is 9.05. The van der Waals surface area contributed by atoms with Crippen molar-refractivity contribution in [1.29, 1.82) is 0 Å². The molecule has 38 heavy (non-hydrogen) atoms. The molecule has 0 aliphatic carbocycles. The van der Waals surface area contributed by atoms with Crippen molar-refractivity contribution in [2.24, 2.45) is 0 Å². The number of hydrogen-bond acceptors (Lipinski definition) is 6. The number of carboxylic acids is 1. The fourth-order valence-electron chi connectivity index (χ4n) is 4.31. The number of aromatic nitrogens is 4. The monoisotopic (exact) mass is 528 g/mol. The number of fused-ring (bicyclic) bond motifs is 1. The Kier molecular flexibility index (Phi) is 6.96. The molecule has 10 nitrogen and oxygen atoms in total. The second kappa shape index (κ2) is 10.7. The minimum atomic E-state index is -1.06. The molecule has 0 radical (unpaired) electrons. The lowest BCUT2D eigenvalue weighted by Crippen LogP contribution is -2.50. The third-order valence-electron chi connectivity index (χ3n) is 6.22. The van der Waals surface area contributed by atoms with Gasteiger partial charge in [-0.15, -0.1) is 5.10 Å². The summed E-state index contributed by atoms with van der Waals surface area (Å²) < 4.78 is 1.46. The van der Waals surface area contributed by atoms with Gasteiger partial charge < -0.3 is 15.3 Å². The van der Waals surface area contributed by atoms with E-state index >= 15 is 0 Å². The summed E-state index contributed by atoms with van der Waals surface area (Å²) in [5, 5.41) is 23.6. The van der Waals surface area contributed by atoms with Crippen molar-refractivity contribution in [2.75, 3.05) is 5.32 Å². The minimum absolute atomic E-state index is 0.110. The van der Waals surface area contributed by atoms with Gasteiger partial charge in [0.25, 0.3) is 0 Å². The van der Waals surface area contributed by atoms with Crippen LogP contribution < -0.4 is 5.32 Å². The van der Waals surface area contributed by atoms with Gasteiger partial charge in [0.1, 0.15) is 12.4 Å². The first-order valence-corrected chi connectivity index (χ1v) is 12.0. The van der Waals surface area contributed by atoms with Gasteiger partial charge >= 0.3 is 5.97 Å². The number of rotatable bonds is 6. The predicted octanol–water partition coefficient (Wildman–Crippen LogP) is 3.62. The molecule has 2 N–H and O–H groups in total. The summed E-state index contributed by atoms with van der Waals surface area (Å²) in [6.07, 6.45) is 4.79. The maximum absolute atomic E-state index is 13.5. The normalized spacial score (nSPS) is 14.8. The zero-order chi connectivity index (χ0) is 26.6. The average molecular weight is 529 g/mol. The second-order valence-electron chi connectivity index (χ2n) is 8.62. The van der Waals surface area contributed by atoms with E-state index in [1.54, 1.807) is 24.3 Å². The van der Waals surface area contributed by atoms with Gasteiger partial charge in [-0.05, 0) is 70.1 Å². The highest BCUT2D eigenvalue weighted by Crippen LogP contribution is 2.26. The number of carbonyl (C=O) groups excluding carboxylic acids is 2. The third-order valence-corrected chi connectivity index (χ3v) is 6.46. The van der Waals surface area contributed by atoms with E-state index in [2.05, 4.69) is 20.8 Å². The zero-order valence-electron chi connectivity index (χ0n) is 19.9. The SMILES string of the molecule is O=C(O)c1ccc(NC(=O)[C@@H]2Cc3ccccc3CN2C(=O)/C=C/c2cc(Cl)ccc2-n2cnnn2)cc1. The molecule has 0 spiro atoms. The Hall–Kier alpha value is -4.83. The molecule has 0 fully saturated rings. The summed E-state index contributed by atoms with van der Waals surface area (Å²) >= 11 is 6.19. The topological polar surface area (TPSA) is 130 Å².